The lowest BCUT2D eigenvalue weighted by atomic mass is 9.81. The van der Waals surface area contributed by atoms with E-state index >= 15 is 0 Å². The third-order valence-corrected chi connectivity index (χ3v) is 5.71. The molecule has 2 atom stereocenters. The molecule has 1 aliphatic carbocycles. The van der Waals surface area contributed by atoms with E-state index in [0.29, 0.717) is 27.9 Å². The summed E-state index contributed by atoms with van der Waals surface area (Å²) in [6.45, 7) is 0. The maximum Gasteiger partial charge on any atom is 0.237 e. The van der Waals surface area contributed by atoms with Crippen molar-refractivity contribution < 1.29 is 19.2 Å². The molecule has 1 N–H and O–H groups in total. The van der Waals surface area contributed by atoms with Crippen LogP contribution >= 0.6 is 0 Å². The summed E-state index contributed by atoms with van der Waals surface area (Å²) in [6.07, 6.45) is 3.56. The first-order valence-corrected chi connectivity index (χ1v) is 9.21. The van der Waals surface area contributed by atoms with Crippen molar-refractivity contribution in [1.29, 1.82) is 0 Å². The molecule has 2 aliphatic rings. The third-order valence-electron chi connectivity index (χ3n) is 5.71. The van der Waals surface area contributed by atoms with Crippen molar-refractivity contribution in [1.82, 2.24) is 5.16 Å². The van der Waals surface area contributed by atoms with Crippen LogP contribution in [-0.4, -0.2) is 22.1 Å². The van der Waals surface area contributed by atoms with E-state index in [2.05, 4.69) is 5.16 Å². The lowest BCUT2D eigenvalue weighted by Crippen LogP contribution is -2.30. The monoisotopic (exact) mass is 362 g/mol. The minimum absolute atomic E-state index is 0.0949. The fraction of sp³-hybridized carbons (Fsp3) is 0.286. The first kappa shape index (κ1) is 16.1. The first-order chi connectivity index (χ1) is 13.1. The summed E-state index contributed by atoms with van der Waals surface area (Å²) >= 11 is 0. The average molecular weight is 362 g/mol. The van der Waals surface area contributed by atoms with E-state index in [1.54, 1.807) is 42.5 Å². The van der Waals surface area contributed by atoms with Crippen molar-refractivity contribution in [2.24, 2.45) is 11.8 Å². The number of hydrogen-bond acceptors (Lipinski definition) is 5. The number of carbonyl (C=O) groups is 2. The van der Waals surface area contributed by atoms with Crippen LogP contribution in [0.25, 0.3) is 22.2 Å². The lowest BCUT2D eigenvalue weighted by Gasteiger charge is -2.19. The number of nitrogens with zero attached hydrogens (tertiary/aromatic N) is 2. The van der Waals surface area contributed by atoms with Crippen LogP contribution in [0.3, 0.4) is 0 Å². The zero-order valence-electron chi connectivity index (χ0n) is 14.6. The highest BCUT2D eigenvalue weighted by Crippen LogP contribution is 2.41. The zero-order valence-corrected chi connectivity index (χ0v) is 14.6. The molecule has 2 fully saturated rings. The van der Waals surface area contributed by atoms with Gasteiger partial charge in [-0.25, -0.2) is 0 Å². The molecule has 6 heteroatoms. The molecule has 0 bridgehead atoms. The minimum atomic E-state index is -0.193. The Hall–Kier alpha value is -3.15. The number of amides is 2. The fourth-order valence-electron chi connectivity index (χ4n) is 4.35. The number of aromatic hydroxyl groups is 1. The standard InChI is InChI=1S/C21H18N2O4/c24-17-8-4-3-7-15(17)19-16-11-12(9-10-18(16)27-22-19)23-20(25)13-5-1-2-6-14(13)21(23)26/h3-4,7-11,13-14,24H,1-2,5-6H2. The molecule has 2 amide bonds. The second-order valence-corrected chi connectivity index (χ2v) is 7.24. The number of anilines is 1. The van der Waals surface area contributed by atoms with Gasteiger partial charge in [0.15, 0.2) is 5.58 Å². The van der Waals surface area contributed by atoms with E-state index in [1.807, 2.05) is 0 Å². The molecule has 3 aromatic rings. The largest absolute Gasteiger partial charge is 0.507 e. The Morgan fingerprint density at radius 1 is 1.00 bits per heavy atom. The third kappa shape index (κ3) is 2.36. The molecular weight excluding hydrogens is 344 g/mol. The van der Waals surface area contributed by atoms with Gasteiger partial charge >= 0.3 is 0 Å². The van der Waals surface area contributed by atoms with Crippen LogP contribution in [0.1, 0.15) is 25.7 Å². The van der Waals surface area contributed by atoms with Gasteiger partial charge in [0.1, 0.15) is 11.4 Å². The van der Waals surface area contributed by atoms with Crippen LogP contribution in [0.5, 0.6) is 5.75 Å². The van der Waals surface area contributed by atoms with E-state index in [1.165, 1.54) is 4.90 Å². The Bertz CT molecular complexity index is 1050. The van der Waals surface area contributed by atoms with Crippen molar-refractivity contribution >= 4 is 28.5 Å². The molecule has 2 aromatic carbocycles. The summed E-state index contributed by atoms with van der Waals surface area (Å²) in [5, 5.41) is 14.9. The number of para-hydroxylation sites is 1. The number of rotatable bonds is 2. The number of hydrogen-bond donors (Lipinski definition) is 1. The Labute approximate surface area is 155 Å². The van der Waals surface area contributed by atoms with Crippen molar-refractivity contribution in [2.45, 2.75) is 25.7 Å². The zero-order chi connectivity index (χ0) is 18.5. The quantitative estimate of drug-likeness (QED) is 0.700. The van der Waals surface area contributed by atoms with Gasteiger partial charge < -0.3 is 9.63 Å². The molecule has 5 rings (SSSR count). The molecule has 1 saturated carbocycles. The predicted octanol–water partition coefficient (Wildman–Crippen LogP) is 3.88. The topological polar surface area (TPSA) is 83.6 Å². The Morgan fingerprint density at radius 2 is 1.70 bits per heavy atom. The van der Waals surface area contributed by atoms with Crippen molar-refractivity contribution in [3.63, 3.8) is 0 Å². The van der Waals surface area contributed by atoms with Gasteiger partial charge in [0.25, 0.3) is 0 Å². The van der Waals surface area contributed by atoms with Crippen molar-refractivity contribution in [3.05, 3.63) is 42.5 Å². The lowest BCUT2D eigenvalue weighted by molar-refractivity contribution is -0.122. The van der Waals surface area contributed by atoms with Gasteiger partial charge in [-0.15, -0.1) is 0 Å². The number of carbonyl (C=O) groups excluding carboxylic acids is 2. The Morgan fingerprint density at radius 3 is 2.41 bits per heavy atom. The number of aromatic nitrogens is 1. The molecule has 0 spiro atoms. The highest BCUT2D eigenvalue weighted by Gasteiger charge is 2.48. The molecule has 1 aromatic heterocycles. The van der Waals surface area contributed by atoms with E-state index in [-0.39, 0.29) is 29.4 Å². The number of phenols is 1. The number of imide groups is 1. The summed E-state index contributed by atoms with van der Waals surface area (Å²) < 4.78 is 5.37. The second-order valence-electron chi connectivity index (χ2n) is 7.24. The van der Waals surface area contributed by atoms with Crippen LogP contribution in [0.4, 0.5) is 5.69 Å². The van der Waals surface area contributed by atoms with Gasteiger partial charge in [-0.3, -0.25) is 14.5 Å². The van der Waals surface area contributed by atoms with Crippen LogP contribution in [0, 0.1) is 11.8 Å². The van der Waals surface area contributed by atoms with E-state index < -0.39 is 0 Å². The normalized spacial score (nSPS) is 22.4. The van der Waals surface area contributed by atoms with Gasteiger partial charge in [0.2, 0.25) is 11.8 Å². The van der Waals surface area contributed by atoms with Gasteiger partial charge in [-0.1, -0.05) is 30.1 Å². The van der Waals surface area contributed by atoms with Gasteiger partial charge in [-0.2, -0.15) is 0 Å². The molecule has 6 nitrogen and oxygen atoms in total. The SMILES string of the molecule is O=C1C2CCCCC2C(=O)N1c1ccc2onc(-c3ccccc3O)c2c1. The van der Waals surface area contributed by atoms with Gasteiger partial charge in [0, 0.05) is 5.56 Å². The van der Waals surface area contributed by atoms with Crippen molar-refractivity contribution in [3.8, 4) is 17.0 Å². The van der Waals surface area contributed by atoms with Crippen LogP contribution in [0.15, 0.2) is 47.0 Å². The summed E-state index contributed by atoms with van der Waals surface area (Å²) in [5.41, 5.74) is 2.10. The average Bonchev–Trinajstić information content (AvgIpc) is 3.21. The first-order valence-electron chi connectivity index (χ1n) is 9.21. The molecule has 136 valence electrons. The molecule has 0 radical (unpaired) electrons. The fourth-order valence-corrected chi connectivity index (χ4v) is 4.35. The van der Waals surface area contributed by atoms with E-state index in [4.69, 9.17) is 4.52 Å². The summed E-state index contributed by atoms with van der Waals surface area (Å²) in [4.78, 5) is 27.0. The van der Waals surface area contributed by atoms with Crippen LogP contribution in [-0.2, 0) is 9.59 Å². The Balaban J connectivity index is 1.61. The summed E-state index contributed by atoms with van der Waals surface area (Å²) in [7, 11) is 0. The van der Waals surface area contributed by atoms with E-state index in [9.17, 15) is 14.7 Å². The molecule has 2 heterocycles. The molecule has 2 unspecified atom stereocenters. The molecular formula is C21H18N2O4. The highest BCUT2D eigenvalue weighted by atomic mass is 16.5. The molecule has 27 heavy (non-hydrogen) atoms. The van der Waals surface area contributed by atoms with Crippen molar-refractivity contribution in [2.75, 3.05) is 4.90 Å². The summed E-state index contributed by atoms with van der Waals surface area (Å²) in [6, 6.07) is 12.0. The minimum Gasteiger partial charge on any atom is -0.507 e. The summed E-state index contributed by atoms with van der Waals surface area (Å²) in [5.74, 6) is -0.504. The van der Waals surface area contributed by atoms with Gasteiger partial charge in [-0.05, 0) is 43.2 Å². The van der Waals surface area contributed by atoms with Crippen LogP contribution in [0.2, 0.25) is 0 Å². The maximum absolute atomic E-state index is 12.9. The van der Waals surface area contributed by atoms with E-state index in [0.717, 1.165) is 25.7 Å². The molecule has 1 aliphatic heterocycles. The molecule has 1 saturated heterocycles. The van der Waals surface area contributed by atoms with Crippen LogP contribution < -0.4 is 4.90 Å². The second kappa shape index (κ2) is 5.94. The van der Waals surface area contributed by atoms with Gasteiger partial charge in [0.05, 0.1) is 22.9 Å². The smallest absolute Gasteiger partial charge is 0.237 e. The highest BCUT2D eigenvalue weighted by molar-refractivity contribution is 6.22. The maximum atomic E-state index is 12.9. The number of fused-ring (bicyclic) bond motifs is 2. The predicted molar refractivity (Wildman–Crippen MR) is 99.1 cm³/mol. The Kier molecular flexibility index (Phi) is 3.53. The number of benzene rings is 2. The number of phenolic OH excluding ortho intramolecular Hbond substituents is 1.